The number of ether oxygens (including phenoxy) is 2. The van der Waals surface area contributed by atoms with Crippen LogP contribution in [0.15, 0.2) is 18.2 Å². The fraction of sp³-hybridized carbons (Fsp3) is 0.400. The predicted molar refractivity (Wildman–Crippen MR) is 114 cm³/mol. The van der Waals surface area contributed by atoms with E-state index >= 15 is 0 Å². The van der Waals surface area contributed by atoms with Gasteiger partial charge in [-0.25, -0.2) is 4.79 Å². The molecule has 1 amide bonds. The van der Waals surface area contributed by atoms with Crippen molar-refractivity contribution in [3.8, 4) is 0 Å². The molecular weight excluding hydrogens is 417 g/mol. The largest absolute Gasteiger partial charge is 0.465 e. The molecule has 2 heterocycles. The number of aryl methyl sites for hydroxylation is 1. The second kappa shape index (κ2) is 8.65. The number of aromatic amines is 1. The summed E-state index contributed by atoms with van der Waals surface area (Å²) in [4.78, 5) is 29.8. The van der Waals surface area contributed by atoms with Gasteiger partial charge in [0.2, 0.25) is 0 Å². The van der Waals surface area contributed by atoms with Crippen molar-refractivity contribution in [2.45, 2.75) is 33.0 Å². The minimum atomic E-state index is -0.451. The predicted octanol–water partition coefficient (Wildman–Crippen LogP) is 4.28. The maximum atomic E-state index is 12.8. The van der Waals surface area contributed by atoms with Crippen LogP contribution >= 0.6 is 23.2 Å². The maximum Gasteiger partial charge on any atom is 0.337 e. The summed E-state index contributed by atoms with van der Waals surface area (Å²) in [6.45, 7) is 6.93. The van der Waals surface area contributed by atoms with E-state index in [1.165, 1.54) is 7.11 Å². The number of carbonyl (C=O) groups is 2. The number of H-pyrrole nitrogens is 1. The minimum Gasteiger partial charge on any atom is -0.465 e. The summed E-state index contributed by atoms with van der Waals surface area (Å²) in [5, 5.41) is 3.35. The number of methoxy groups -OCH3 is 1. The number of rotatable bonds is 4. The molecule has 1 saturated heterocycles. The zero-order valence-corrected chi connectivity index (χ0v) is 18.1. The number of halogens is 2. The highest BCUT2D eigenvalue weighted by molar-refractivity contribution is 6.44. The average molecular weight is 440 g/mol. The first-order valence-corrected chi connectivity index (χ1v) is 9.94. The second-order valence-corrected chi connectivity index (χ2v) is 7.85. The first-order chi connectivity index (χ1) is 13.7. The number of amides is 1. The summed E-state index contributed by atoms with van der Waals surface area (Å²) in [6.07, 6.45) is 0.00628. The topological polar surface area (TPSA) is 83.7 Å². The number of nitrogens with one attached hydrogen (secondary N) is 2. The molecule has 156 valence electrons. The van der Waals surface area contributed by atoms with Gasteiger partial charge in [0.15, 0.2) is 0 Å². The molecule has 2 unspecified atom stereocenters. The molecule has 2 N–H and O–H groups in total. The number of aromatic nitrogens is 1. The van der Waals surface area contributed by atoms with E-state index in [9.17, 15) is 9.59 Å². The van der Waals surface area contributed by atoms with E-state index in [0.29, 0.717) is 40.7 Å². The van der Waals surface area contributed by atoms with E-state index < -0.39 is 11.9 Å². The lowest BCUT2D eigenvalue weighted by Crippen LogP contribution is -2.45. The molecule has 1 aliphatic heterocycles. The van der Waals surface area contributed by atoms with Crippen LogP contribution < -0.4 is 10.2 Å². The van der Waals surface area contributed by atoms with Crippen molar-refractivity contribution in [1.82, 2.24) is 4.98 Å². The summed E-state index contributed by atoms with van der Waals surface area (Å²) in [5.74, 6) is -0.875. The molecule has 7 nitrogen and oxygen atoms in total. The van der Waals surface area contributed by atoms with E-state index in [0.717, 1.165) is 0 Å². The standard InChI is InChI=1S/C20H23Cl2N3O4/c1-10-8-25(9-11(2)29-10)15-7-13(20(27)28-4)5-6-14(15)24-19(26)18-17(22)16(21)12(3)23-18/h5-7,10-11,23H,8-9H2,1-4H3,(H,24,26). The Hall–Kier alpha value is -2.22. The third kappa shape index (κ3) is 4.52. The van der Waals surface area contributed by atoms with E-state index in [-0.39, 0.29) is 22.9 Å². The summed E-state index contributed by atoms with van der Waals surface area (Å²) < 4.78 is 10.6. The maximum absolute atomic E-state index is 12.8. The van der Waals surface area contributed by atoms with Crippen molar-refractivity contribution < 1.29 is 19.1 Å². The van der Waals surface area contributed by atoms with Gasteiger partial charge in [-0.05, 0) is 39.0 Å². The minimum absolute atomic E-state index is 0.00314. The van der Waals surface area contributed by atoms with Crippen molar-refractivity contribution in [3.63, 3.8) is 0 Å². The lowest BCUT2D eigenvalue weighted by Gasteiger charge is -2.37. The van der Waals surface area contributed by atoms with E-state index in [1.54, 1.807) is 25.1 Å². The molecule has 9 heteroatoms. The summed E-state index contributed by atoms with van der Waals surface area (Å²) in [6, 6.07) is 4.99. The van der Waals surface area contributed by atoms with Crippen molar-refractivity contribution >= 4 is 46.5 Å². The first-order valence-electron chi connectivity index (χ1n) is 9.19. The lowest BCUT2D eigenvalue weighted by atomic mass is 10.1. The van der Waals surface area contributed by atoms with Gasteiger partial charge in [0.05, 0.1) is 46.3 Å². The molecule has 2 aromatic rings. The fourth-order valence-corrected chi connectivity index (χ4v) is 3.85. The van der Waals surface area contributed by atoms with E-state index in [2.05, 4.69) is 15.2 Å². The molecule has 1 aliphatic rings. The number of morpholine rings is 1. The van der Waals surface area contributed by atoms with Gasteiger partial charge in [0.25, 0.3) is 5.91 Å². The molecule has 3 rings (SSSR count). The zero-order chi connectivity index (χ0) is 21.3. The van der Waals surface area contributed by atoms with Crippen LogP contribution in [0.4, 0.5) is 11.4 Å². The van der Waals surface area contributed by atoms with Gasteiger partial charge in [0, 0.05) is 18.8 Å². The SMILES string of the molecule is COC(=O)c1ccc(NC(=O)c2[nH]c(C)c(Cl)c2Cl)c(N2CC(C)OC(C)C2)c1. The van der Waals surface area contributed by atoms with Crippen LogP contribution in [0.1, 0.15) is 40.4 Å². The molecule has 2 atom stereocenters. The molecule has 1 aromatic heterocycles. The molecule has 29 heavy (non-hydrogen) atoms. The van der Waals surface area contributed by atoms with Crippen LogP contribution in [-0.4, -0.2) is 49.3 Å². The molecule has 0 bridgehead atoms. The molecule has 0 saturated carbocycles. The zero-order valence-electron chi connectivity index (χ0n) is 16.6. The van der Waals surface area contributed by atoms with Crippen molar-refractivity contribution in [2.75, 3.05) is 30.4 Å². The number of anilines is 2. The molecule has 1 aromatic carbocycles. The normalized spacial score (nSPS) is 19.2. The van der Waals surface area contributed by atoms with Crippen LogP contribution in [0.25, 0.3) is 0 Å². The number of esters is 1. The molecule has 0 spiro atoms. The van der Waals surface area contributed by atoms with Gasteiger partial charge in [0.1, 0.15) is 5.69 Å². The summed E-state index contributed by atoms with van der Waals surface area (Å²) >= 11 is 12.3. The van der Waals surface area contributed by atoms with Gasteiger partial charge >= 0.3 is 5.97 Å². The molecular formula is C20H23Cl2N3O4. The number of hydrogen-bond donors (Lipinski definition) is 2. The van der Waals surface area contributed by atoms with Crippen LogP contribution in [0, 0.1) is 6.92 Å². The third-order valence-corrected chi connectivity index (χ3v) is 5.66. The number of nitrogens with zero attached hydrogens (tertiary/aromatic N) is 1. The van der Waals surface area contributed by atoms with Gasteiger partial charge in [-0.3, -0.25) is 4.79 Å². The Bertz CT molecular complexity index is 934. The summed E-state index contributed by atoms with van der Waals surface area (Å²) in [5.41, 5.74) is 2.43. The molecule has 0 radical (unpaired) electrons. The van der Waals surface area contributed by atoms with Crippen molar-refractivity contribution in [1.29, 1.82) is 0 Å². The van der Waals surface area contributed by atoms with Crippen molar-refractivity contribution in [3.05, 3.63) is 45.2 Å². The molecule has 1 fully saturated rings. The van der Waals surface area contributed by atoms with Crippen LogP contribution in [0.2, 0.25) is 10.0 Å². The Labute approximate surface area is 179 Å². The fourth-order valence-electron chi connectivity index (χ4n) is 3.43. The Morgan fingerprint density at radius 2 is 1.86 bits per heavy atom. The first kappa shape index (κ1) is 21.5. The average Bonchev–Trinajstić information content (AvgIpc) is 2.94. The highest BCUT2D eigenvalue weighted by Gasteiger charge is 2.26. The Balaban J connectivity index is 1.97. The number of hydrogen-bond acceptors (Lipinski definition) is 5. The summed E-state index contributed by atoms with van der Waals surface area (Å²) in [7, 11) is 1.33. The van der Waals surface area contributed by atoms with Gasteiger partial charge in [-0.1, -0.05) is 23.2 Å². The second-order valence-electron chi connectivity index (χ2n) is 7.09. The van der Waals surface area contributed by atoms with E-state index in [1.807, 2.05) is 13.8 Å². The smallest absolute Gasteiger partial charge is 0.337 e. The Morgan fingerprint density at radius 1 is 1.21 bits per heavy atom. The Morgan fingerprint density at radius 3 is 2.41 bits per heavy atom. The van der Waals surface area contributed by atoms with Gasteiger partial charge in [-0.15, -0.1) is 0 Å². The molecule has 0 aliphatic carbocycles. The van der Waals surface area contributed by atoms with Crippen LogP contribution in [0.5, 0.6) is 0 Å². The van der Waals surface area contributed by atoms with Gasteiger partial charge in [-0.2, -0.15) is 0 Å². The quantitative estimate of drug-likeness (QED) is 0.694. The monoisotopic (exact) mass is 439 g/mol. The van der Waals surface area contributed by atoms with Crippen LogP contribution in [-0.2, 0) is 9.47 Å². The highest BCUT2D eigenvalue weighted by Crippen LogP contribution is 2.33. The number of carbonyl (C=O) groups excluding carboxylic acids is 2. The Kier molecular flexibility index (Phi) is 6.41. The van der Waals surface area contributed by atoms with Crippen molar-refractivity contribution in [2.24, 2.45) is 0 Å². The highest BCUT2D eigenvalue weighted by atomic mass is 35.5. The lowest BCUT2D eigenvalue weighted by molar-refractivity contribution is -0.00517. The van der Waals surface area contributed by atoms with Crippen LogP contribution in [0.3, 0.4) is 0 Å². The third-order valence-electron chi connectivity index (χ3n) is 4.71. The van der Waals surface area contributed by atoms with Gasteiger partial charge < -0.3 is 24.7 Å². The number of benzene rings is 1. The van der Waals surface area contributed by atoms with E-state index in [4.69, 9.17) is 32.7 Å².